The Morgan fingerprint density at radius 1 is 0.966 bits per heavy atom. The number of hydrogen-bond acceptors (Lipinski definition) is 6. The Balaban J connectivity index is 1.37. The highest BCUT2D eigenvalue weighted by atomic mass is 19.1. The minimum Gasteiger partial charge on any atom is -0.353 e. The Kier molecular flexibility index (Phi) is 5.28. The first-order chi connectivity index (χ1) is 14.1. The molecule has 1 aliphatic rings. The van der Waals surface area contributed by atoms with E-state index in [1.807, 2.05) is 18.2 Å². The summed E-state index contributed by atoms with van der Waals surface area (Å²) in [7, 11) is 0. The average molecular weight is 396 g/mol. The summed E-state index contributed by atoms with van der Waals surface area (Å²) in [6.07, 6.45) is 1.75. The molecule has 0 saturated carbocycles. The number of benzene rings is 1. The van der Waals surface area contributed by atoms with Gasteiger partial charge in [-0.2, -0.15) is 0 Å². The lowest BCUT2D eigenvalue weighted by Gasteiger charge is -2.35. The molecule has 1 aliphatic heterocycles. The van der Waals surface area contributed by atoms with Gasteiger partial charge in [-0.1, -0.05) is 6.07 Å². The van der Waals surface area contributed by atoms with Crippen LogP contribution in [0.4, 0.5) is 26.1 Å². The molecule has 1 fully saturated rings. The largest absolute Gasteiger partial charge is 0.353 e. The van der Waals surface area contributed by atoms with Crippen molar-refractivity contribution in [2.24, 2.45) is 0 Å². The van der Waals surface area contributed by atoms with Gasteiger partial charge < -0.3 is 15.1 Å². The van der Waals surface area contributed by atoms with Crippen molar-refractivity contribution in [3.63, 3.8) is 0 Å². The van der Waals surface area contributed by atoms with E-state index in [4.69, 9.17) is 0 Å². The van der Waals surface area contributed by atoms with Crippen LogP contribution in [0, 0.1) is 11.6 Å². The van der Waals surface area contributed by atoms with Gasteiger partial charge in [0, 0.05) is 38.4 Å². The van der Waals surface area contributed by atoms with Crippen LogP contribution in [0.2, 0.25) is 0 Å². The number of pyridine rings is 1. The minimum absolute atomic E-state index is 0.0745. The van der Waals surface area contributed by atoms with Gasteiger partial charge in [0.15, 0.2) is 11.5 Å². The van der Waals surface area contributed by atoms with Crippen LogP contribution in [-0.2, 0) is 0 Å². The van der Waals surface area contributed by atoms with E-state index in [2.05, 4.69) is 25.4 Å². The van der Waals surface area contributed by atoms with Crippen LogP contribution in [0.25, 0.3) is 0 Å². The van der Waals surface area contributed by atoms with E-state index in [9.17, 15) is 13.6 Å². The molecule has 0 radical (unpaired) electrons. The number of amides is 1. The molecule has 0 atom stereocenters. The fraction of sp³-hybridized carbons (Fsp3) is 0.200. The summed E-state index contributed by atoms with van der Waals surface area (Å²) < 4.78 is 26.7. The van der Waals surface area contributed by atoms with Crippen molar-refractivity contribution in [2.75, 3.05) is 36.4 Å². The van der Waals surface area contributed by atoms with Crippen LogP contribution in [0.15, 0.2) is 54.7 Å². The topological polar surface area (TPSA) is 74.2 Å². The zero-order valence-corrected chi connectivity index (χ0v) is 15.4. The van der Waals surface area contributed by atoms with Crippen molar-refractivity contribution < 1.29 is 13.6 Å². The highest BCUT2D eigenvalue weighted by Crippen LogP contribution is 2.19. The molecule has 29 heavy (non-hydrogen) atoms. The molecule has 1 saturated heterocycles. The van der Waals surface area contributed by atoms with Crippen molar-refractivity contribution in [1.29, 1.82) is 0 Å². The molecule has 0 unspecified atom stereocenters. The Bertz CT molecular complexity index is 992. The maximum absolute atomic E-state index is 13.7. The third-order valence-electron chi connectivity index (χ3n) is 4.62. The Morgan fingerprint density at radius 3 is 2.45 bits per heavy atom. The predicted octanol–water partition coefficient (Wildman–Crippen LogP) is 2.86. The smallest absolute Gasteiger partial charge is 0.274 e. The third kappa shape index (κ3) is 4.29. The maximum Gasteiger partial charge on any atom is 0.274 e. The van der Waals surface area contributed by atoms with Gasteiger partial charge in [-0.15, -0.1) is 10.2 Å². The van der Waals surface area contributed by atoms with Crippen LogP contribution >= 0.6 is 0 Å². The van der Waals surface area contributed by atoms with Gasteiger partial charge in [0.2, 0.25) is 0 Å². The number of aromatic nitrogens is 3. The lowest BCUT2D eigenvalue weighted by Crippen LogP contribution is -2.49. The van der Waals surface area contributed by atoms with Crippen molar-refractivity contribution in [1.82, 2.24) is 20.1 Å². The van der Waals surface area contributed by atoms with Gasteiger partial charge in [-0.25, -0.2) is 13.8 Å². The van der Waals surface area contributed by atoms with Crippen molar-refractivity contribution in [3.05, 3.63) is 72.1 Å². The fourth-order valence-corrected chi connectivity index (χ4v) is 3.08. The number of nitrogens with zero attached hydrogens (tertiary/aromatic N) is 5. The van der Waals surface area contributed by atoms with Crippen LogP contribution in [-0.4, -0.2) is 52.2 Å². The lowest BCUT2D eigenvalue weighted by atomic mass is 10.2. The van der Waals surface area contributed by atoms with Gasteiger partial charge in [0.1, 0.15) is 17.5 Å². The van der Waals surface area contributed by atoms with Crippen LogP contribution < -0.4 is 10.2 Å². The van der Waals surface area contributed by atoms with Crippen molar-refractivity contribution >= 4 is 23.2 Å². The van der Waals surface area contributed by atoms with Crippen molar-refractivity contribution in [2.45, 2.75) is 0 Å². The van der Waals surface area contributed by atoms with Gasteiger partial charge >= 0.3 is 0 Å². The number of rotatable bonds is 4. The summed E-state index contributed by atoms with van der Waals surface area (Å²) in [5.74, 6) is -0.464. The SMILES string of the molecule is O=C(c1ccc(Nc2ccc(F)cc2F)nn1)N1CCN(c2ccccn2)CC1. The number of carbonyl (C=O) groups excluding carboxylic acids is 1. The molecular weight excluding hydrogens is 378 g/mol. The van der Waals surface area contributed by atoms with E-state index in [0.29, 0.717) is 26.2 Å². The lowest BCUT2D eigenvalue weighted by molar-refractivity contribution is 0.0739. The summed E-state index contributed by atoms with van der Waals surface area (Å²) in [6.45, 7) is 2.47. The van der Waals surface area contributed by atoms with E-state index in [-0.39, 0.29) is 23.1 Å². The van der Waals surface area contributed by atoms with Gasteiger partial charge in [-0.3, -0.25) is 4.79 Å². The third-order valence-corrected chi connectivity index (χ3v) is 4.62. The summed E-state index contributed by atoms with van der Waals surface area (Å²) in [6, 6.07) is 12.0. The Labute approximate surface area is 166 Å². The van der Waals surface area contributed by atoms with Gasteiger partial charge in [0.05, 0.1) is 5.69 Å². The molecule has 1 amide bonds. The number of carbonyl (C=O) groups is 1. The Morgan fingerprint density at radius 2 is 1.79 bits per heavy atom. The van der Waals surface area contributed by atoms with Crippen LogP contribution in [0.3, 0.4) is 0 Å². The second kappa shape index (κ2) is 8.17. The molecule has 148 valence electrons. The molecule has 1 aromatic carbocycles. The zero-order valence-electron chi connectivity index (χ0n) is 15.4. The van der Waals surface area contributed by atoms with E-state index in [1.54, 1.807) is 11.1 Å². The number of hydrogen-bond donors (Lipinski definition) is 1. The molecule has 3 aromatic rings. The van der Waals surface area contributed by atoms with Crippen LogP contribution in [0.5, 0.6) is 0 Å². The molecular formula is C20H18F2N6O. The summed E-state index contributed by atoms with van der Waals surface area (Å²) in [4.78, 5) is 20.8. The monoisotopic (exact) mass is 396 g/mol. The van der Waals surface area contributed by atoms with Crippen LogP contribution in [0.1, 0.15) is 10.5 Å². The number of halogens is 2. The predicted molar refractivity (Wildman–Crippen MR) is 104 cm³/mol. The Hall–Kier alpha value is -3.62. The molecule has 0 spiro atoms. The molecule has 9 heteroatoms. The highest BCUT2D eigenvalue weighted by molar-refractivity contribution is 5.92. The number of piperazine rings is 1. The van der Waals surface area contributed by atoms with Gasteiger partial charge in [-0.05, 0) is 36.4 Å². The van der Waals surface area contributed by atoms with E-state index >= 15 is 0 Å². The maximum atomic E-state index is 13.7. The number of nitrogens with one attached hydrogen (secondary N) is 1. The van der Waals surface area contributed by atoms with E-state index in [1.165, 1.54) is 18.2 Å². The quantitative estimate of drug-likeness (QED) is 0.731. The average Bonchev–Trinajstić information content (AvgIpc) is 2.76. The molecule has 1 N–H and O–H groups in total. The summed E-state index contributed by atoms with van der Waals surface area (Å²) in [5, 5.41) is 10.6. The second-order valence-corrected chi connectivity index (χ2v) is 6.52. The molecule has 3 heterocycles. The van der Waals surface area contributed by atoms with Gasteiger partial charge in [0.25, 0.3) is 5.91 Å². The first-order valence-electron chi connectivity index (χ1n) is 9.11. The van der Waals surface area contributed by atoms with E-state index in [0.717, 1.165) is 18.0 Å². The first kappa shape index (κ1) is 18.7. The summed E-state index contributed by atoms with van der Waals surface area (Å²) >= 11 is 0. The molecule has 7 nitrogen and oxygen atoms in total. The summed E-state index contributed by atoms with van der Waals surface area (Å²) in [5.41, 5.74) is 0.284. The molecule has 2 aromatic heterocycles. The van der Waals surface area contributed by atoms with Crippen molar-refractivity contribution in [3.8, 4) is 0 Å². The standard InChI is InChI=1S/C20H18F2N6O/c21-14-4-5-16(15(22)13-14)24-18-7-6-17(25-26-18)20(29)28-11-9-27(10-12-28)19-3-1-2-8-23-19/h1-8,13H,9-12H2,(H,24,26). The zero-order chi connectivity index (χ0) is 20.2. The number of anilines is 3. The highest BCUT2D eigenvalue weighted by Gasteiger charge is 2.23. The first-order valence-corrected chi connectivity index (χ1v) is 9.11. The molecule has 0 aliphatic carbocycles. The molecule has 4 rings (SSSR count). The minimum atomic E-state index is -0.738. The molecule has 0 bridgehead atoms. The normalized spacial score (nSPS) is 14.0. The van der Waals surface area contributed by atoms with E-state index < -0.39 is 11.6 Å². The fourth-order valence-electron chi connectivity index (χ4n) is 3.08. The second-order valence-electron chi connectivity index (χ2n) is 6.52.